The lowest BCUT2D eigenvalue weighted by molar-refractivity contribution is 0.581. The summed E-state index contributed by atoms with van der Waals surface area (Å²) in [6, 6.07) is 5.68. The first-order valence-corrected chi connectivity index (χ1v) is 5.47. The third-order valence-corrected chi connectivity index (χ3v) is 2.61. The molecule has 16 heavy (non-hydrogen) atoms. The zero-order valence-electron chi connectivity index (χ0n) is 9.97. The molecule has 0 fully saturated rings. The largest absolute Gasteiger partial charge is 0.298 e. The van der Waals surface area contributed by atoms with Crippen LogP contribution in [0.15, 0.2) is 12.1 Å². The fourth-order valence-electron chi connectivity index (χ4n) is 1.66. The fourth-order valence-corrected chi connectivity index (χ4v) is 1.66. The second kappa shape index (κ2) is 5.62. The minimum Gasteiger partial charge on any atom is -0.298 e. The van der Waals surface area contributed by atoms with Crippen molar-refractivity contribution < 1.29 is 4.39 Å². The molecule has 1 aromatic carbocycles. The molecule has 0 saturated carbocycles. The SMILES string of the molecule is CCC(C#N)NCc1cc(C)c(F)c(C)c1. The highest BCUT2D eigenvalue weighted by atomic mass is 19.1. The Labute approximate surface area is 96.1 Å². The maximum Gasteiger partial charge on any atom is 0.129 e. The van der Waals surface area contributed by atoms with Gasteiger partial charge in [-0.15, -0.1) is 0 Å². The molecule has 1 unspecified atom stereocenters. The normalized spacial score (nSPS) is 12.2. The molecule has 0 saturated heterocycles. The Morgan fingerprint density at radius 3 is 2.38 bits per heavy atom. The second-order valence-electron chi connectivity index (χ2n) is 4.01. The van der Waals surface area contributed by atoms with E-state index in [1.54, 1.807) is 13.8 Å². The first-order valence-electron chi connectivity index (χ1n) is 5.47. The van der Waals surface area contributed by atoms with E-state index in [1.165, 1.54) is 0 Å². The first-order chi connectivity index (χ1) is 7.58. The summed E-state index contributed by atoms with van der Waals surface area (Å²) in [4.78, 5) is 0. The molecule has 0 amide bonds. The summed E-state index contributed by atoms with van der Waals surface area (Å²) in [5.74, 6) is -0.143. The Morgan fingerprint density at radius 2 is 1.94 bits per heavy atom. The maximum absolute atomic E-state index is 13.4. The number of nitrogens with one attached hydrogen (secondary N) is 1. The zero-order valence-corrected chi connectivity index (χ0v) is 9.97. The summed E-state index contributed by atoms with van der Waals surface area (Å²) in [6.45, 7) is 6.08. The van der Waals surface area contributed by atoms with Gasteiger partial charge in [-0.2, -0.15) is 5.26 Å². The number of nitriles is 1. The quantitative estimate of drug-likeness (QED) is 0.847. The van der Waals surface area contributed by atoms with Gasteiger partial charge in [0.15, 0.2) is 0 Å². The molecule has 0 radical (unpaired) electrons. The highest BCUT2D eigenvalue weighted by Crippen LogP contribution is 2.14. The number of rotatable bonds is 4. The van der Waals surface area contributed by atoms with Crippen LogP contribution >= 0.6 is 0 Å². The van der Waals surface area contributed by atoms with E-state index in [0.717, 1.165) is 12.0 Å². The smallest absolute Gasteiger partial charge is 0.129 e. The van der Waals surface area contributed by atoms with Crippen LogP contribution in [0.4, 0.5) is 4.39 Å². The monoisotopic (exact) mass is 220 g/mol. The number of nitrogens with zero attached hydrogens (tertiary/aromatic N) is 1. The Hall–Kier alpha value is -1.40. The lowest BCUT2D eigenvalue weighted by atomic mass is 10.1. The van der Waals surface area contributed by atoms with Gasteiger partial charge in [-0.05, 0) is 37.0 Å². The van der Waals surface area contributed by atoms with E-state index in [0.29, 0.717) is 17.7 Å². The van der Waals surface area contributed by atoms with Crippen LogP contribution in [0.2, 0.25) is 0 Å². The first kappa shape index (κ1) is 12.7. The third kappa shape index (κ3) is 3.04. The highest BCUT2D eigenvalue weighted by molar-refractivity contribution is 5.30. The molecule has 0 aliphatic rings. The van der Waals surface area contributed by atoms with Crippen molar-refractivity contribution in [1.82, 2.24) is 5.32 Å². The minimum atomic E-state index is -0.143. The molecular weight excluding hydrogens is 203 g/mol. The molecule has 3 heteroatoms. The Kier molecular flexibility index (Phi) is 4.45. The predicted molar refractivity (Wildman–Crippen MR) is 62.4 cm³/mol. The van der Waals surface area contributed by atoms with Crippen molar-refractivity contribution in [3.8, 4) is 6.07 Å². The van der Waals surface area contributed by atoms with Gasteiger partial charge in [-0.25, -0.2) is 4.39 Å². The molecule has 1 atom stereocenters. The van der Waals surface area contributed by atoms with E-state index < -0.39 is 0 Å². The van der Waals surface area contributed by atoms with Crippen molar-refractivity contribution in [3.63, 3.8) is 0 Å². The minimum absolute atomic E-state index is 0.134. The molecular formula is C13H17FN2. The molecule has 1 N–H and O–H groups in total. The van der Waals surface area contributed by atoms with Crippen molar-refractivity contribution in [2.24, 2.45) is 0 Å². The average molecular weight is 220 g/mol. The van der Waals surface area contributed by atoms with Gasteiger partial charge in [0, 0.05) is 6.54 Å². The van der Waals surface area contributed by atoms with E-state index in [1.807, 2.05) is 19.1 Å². The standard InChI is InChI=1S/C13H17FN2/c1-4-12(7-15)16-8-11-5-9(2)13(14)10(3)6-11/h5-6,12,16H,4,8H2,1-3H3. The highest BCUT2D eigenvalue weighted by Gasteiger charge is 2.06. The third-order valence-electron chi connectivity index (χ3n) is 2.61. The number of aryl methyl sites for hydroxylation is 2. The molecule has 0 aliphatic heterocycles. The van der Waals surface area contributed by atoms with Crippen molar-refractivity contribution in [2.75, 3.05) is 0 Å². The van der Waals surface area contributed by atoms with Gasteiger partial charge in [0.1, 0.15) is 5.82 Å². The summed E-state index contributed by atoms with van der Waals surface area (Å²) in [6.07, 6.45) is 0.773. The van der Waals surface area contributed by atoms with E-state index in [4.69, 9.17) is 5.26 Å². The van der Waals surface area contributed by atoms with Crippen LogP contribution in [0.3, 0.4) is 0 Å². The molecule has 2 nitrogen and oxygen atoms in total. The summed E-state index contributed by atoms with van der Waals surface area (Å²) in [7, 11) is 0. The Morgan fingerprint density at radius 1 is 1.38 bits per heavy atom. The van der Waals surface area contributed by atoms with Crippen LogP contribution < -0.4 is 5.32 Å². The Balaban J connectivity index is 2.72. The zero-order chi connectivity index (χ0) is 12.1. The van der Waals surface area contributed by atoms with Crippen LogP contribution in [0.25, 0.3) is 0 Å². The van der Waals surface area contributed by atoms with E-state index >= 15 is 0 Å². The van der Waals surface area contributed by atoms with Gasteiger partial charge in [0.2, 0.25) is 0 Å². The van der Waals surface area contributed by atoms with Crippen molar-refractivity contribution in [2.45, 2.75) is 39.8 Å². The van der Waals surface area contributed by atoms with Gasteiger partial charge < -0.3 is 0 Å². The molecule has 0 heterocycles. The summed E-state index contributed by atoms with van der Waals surface area (Å²) in [5, 5.41) is 11.9. The molecule has 0 spiro atoms. The van der Waals surface area contributed by atoms with Crippen molar-refractivity contribution in [1.29, 1.82) is 5.26 Å². The molecule has 0 aliphatic carbocycles. The average Bonchev–Trinajstić information content (AvgIpc) is 2.27. The van der Waals surface area contributed by atoms with E-state index in [-0.39, 0.29) is 11.9 Å². The molecule has 1 rings (SSSR count). The van der Waals surface area contributed by atoms with Crippen LogP contribution in [0, 0.1) is 31.0 Å². The predicted octanol–water partition coefficient (Wildman–Crippen LogP) is 2.83. The lowest BCUT2D eigenvalue weighted by Gasteiger charge is -2.11. The second-order valence-corrected chi connectivity index (χ2v) is 4.01. The van der Waals surface area contributed by atoms with Crippen LogP contribution in [0.5, 0.6) is 0 Å². The van der Waals surface area contributed by atoms with Gasteiger partial charge in [0.05, 0.1) is 12.1 Å². The van der Waals surface area contributed by atoms with Crippen molar-refractivity contribution in [3.05, 3.63) is 34.6 Å². The van der Waals surface area contributed by atoms with E-state index in [9.17, 15) is 4.39 Å². The maximum atomic E-state index is 13.4. The summed E-state index contributed by atoms with van der Waals surface area (Å²) in [5.41, 5.74) is 2.33. The lowest BCUT2D eigenvalue weighted by Crippen LogP contribution is -2.26. The van der Waals surface area contributed by atoms with Crippen LogP contribution in [-0.4, -0.2) is 6.04 Å². The number of benzene rings is 1. The number of hydrogen-bond acceptors (Lipinski definition) is 2. The summed E-state index contributed by atoms with van der Waals surface area (Å²) < 4.78 is 13.4. The Bertz CT molecular complexity index is 384. The fraction of sp³-hybridized carbons (Fsp3) is 0.462. The van der Waals surface area contributed by atoms with Crippen LogP contribution in [-0.2, 0) is 6.54 Å². The molecule has 0 bridgehead atoms. The van der Waals surface area contributed by atoms with Gasteiger partial charge in [0.25, 0.3) is 0 Å². The molecule has 1 aromatic rings. The topological polar surface area (TPSA) is 35.8 Å². The number of halogens is 1. The summed E-state index contributed by atoms with van der Waals surface area (Å²) >= 11 is 0. The van der Waals surface area contributed by atoms with Gasteiger partial charge >= 0.3 is 0 Å². The molecule has 0 aromatic heterocycles. The van der Waals surface area contributed by atoms with Gasteiger partial charge in [-0.1, -0.05) is 19.1 Å². The number of hydrogen-bond donors (Lipinski definition) is 1. The molecule has 86 valence electrons. The van der Waals surface area contributed by atoms with E-state index in [2.05, 4.69) is 11.4 Å². The van der Waals surface area contributed by atoms with Crippen molar-refractivity contribution >= 4 is 0 Å². The van der Waals surface area contributed by atoms with Crippen LogP contribution in [0.1, 0.15) is 30.0 Å². The van der Waals surface area contributed by atoms with Gasteiger partial charge in [-0.3, -0.25) is 5.32 Å².